The molecule has 0 fully saturated rings. The number of aliphatic carboxylic acids is 1. The Labute approximate surface area is 92.5 Å². The van der Waals surface area contributed by atoms with Crippen molar-refractivity contribution in [2.75, 3.05) is 7.11 Å². The zero-order chi connectivity index (χ0) is 12.1. The molecule has 0 saturated heterocycles. The summed E-state index contributed by atoms with van der Waals surface area (Å²) in [6, 6.07) is 4.58. The van der Waals surface area contributed by atoms with Crippen LogP contribution < -0.4 is 4.74 Å². The van der Waals surface area contributed by atoms with Crippen molar-refractivity contribution in [3.05, 3.63) is 23.3 Å². The highest BCUT2D eigenvalue weighted by molar-refractivity contribution is 5.67. The molecule has 84 valence electrons. The summed E-state index contributed by atoms with van der Waals surface area (Å²) in [5.74, 6) is -0.704. The van der Waals surface area contributed by atoms with E-state index in [1.54, 1.807) is 0 Å². The largest absolute Gasteiger partial charge is 0.506 e. The number of phenols is 1. The van der Waals surface area contributed by atoms with Crippen LogP contribution >= 0.6 is 0 Å². The topological polar surface area (TPSA) is 90.5 Å². The number of hydrogen-bond donors (Lipinski definition) is 2. The molecule has 0 unspecified atom stereocenters. The average Bonchev–Trinajstić information content (AvgIpc) is 2.26. The quantitative estimate of drug-likeness (QED) is 0.799. The smallest absolute Gasteiger partial charge is 0.303 e. The Balaban J connectivity index is 3.06. The lowest BCUT2D eigenvalue weighted by molar-refractivity contribution is -0.136. The number of hydrogen-bond acceptors (Lipinski definition) is 4. The maximum Gasteiger partial charge on any atom is 0.303 e. The molecule has 0 atom stereocenters. The highest BCUT2D eigenvalue weighted by atomic mass is 16.5. The summed E-state index contributed by atoms with van der Waals surface area (Å²) < 4.78 is 5.00. The van der Waals surface area contributed by atoms with Crippen LogP contribution in [0.2, 0.25) is 0 Å². The van der Waals surface area contributed by atoms with Gasteiger partial charge in [-0.05, 0) is 18.1 Å². The first kappa shape index (κ1) is 11.9. The fourth-order valence-electron chi connectivity index (χ4n) is 1.33. The van der Waals surface area contributed by atoms with E-state index in [9.17, 15) is 9.90 Å². The fraction of sp³-hybridized carbons (Fsp3) is 0.273. The molecular weight excluding hydrogens is 210 g/mol. The van der Waals surface area contributed by atoms with Gasteiger partial charge in [-0.3, -0.25) is 4.79 Å². The number of nitrogens with zero attached hydrogens (tertiary/aromatic N) is 1. The van der Waals surface area contributed by atoms with E-state index in [4.69, 9.17) is 15.1 Å². The van der Waals surface area contributed by atoms with Gasteiger partial charge in [-0.15, -0.1) is 0 Å². The van der Waals surface area contributed by atoms with Gasteiger partial charge in [0.2, 0.25) is 0 Å². The zero-order valence-corrected chi connectivity index (χ0v) is 8.73. The molecule has 0 heterocycles. The molecule has 0 spiro atoms. The van der Waals surface area contributed by atoms with Crippen LogP contribution in [0.5, 0.6) is 11.5 Å². The van der Waals surface area contributed by atoms with E-state index in [0.29, 0.717) is 11.3 Å². The van der Waals surface area contributed by atoms with Gasteiger partial charge in [0.05, 0.1) is 12.7 Å². The van der Waals surface area contributed by atoms with Crippen LogP contribution in [-0.4, -0.2) is 23.3 Å². The van der Waals surface area contributed by atoms with Gasteiger partial charge in [0.1, 0.15) is 17.6 Å². The summed E-state index contributed by atoms with van der Waals surface area (Å²) >= 11 is 0. The van der Waals surface area contributed by atoms with Gasteiger partial charge < -0.3 is 14.9 Å². The van der Waals surface area contributed by atoms with E-state index in [0.717, 1.165) is 0 Å². The number of nitriles is 1. The molecular formula is C11H11NO4. The molecule has 0 saturated carbocycles. The number of aromatic hydroxyl groups is 1. The van der Waals surface area contributed by atoms with Crippen molar-refractivity contribution >= 4 is 5.97 Å². The van der Waals surface area contributed by atoms with E-state index < -0.39 is 5.97 Å². The first-order valence-electron chi connectivity index (χ1n) is 4.60. The number of carboxylic acids is 1. The summed E-state index contributed by atoms with van der Waals surface area (Å²) in [6.45, 7) is 0. The predicted molar refractivity (Wildman–Crippen MR) is 55.3 cm³/mol. The highest BCUT2D eigenvalue weighted by Gasteiger charge is 2.10. The monoisotopic (exact) mass is 221 g/mol. The number of rotatable bonds is 4. The average molecular weight is 221 g/mol. The molecule has 0 aromatic heterocycles. The molecule has 0 aliphatic heterocycles. The predicted octanol–water partition coefficient (Wildman–Crippen LogP) is 1.29. The first-order chi connectivity index (χ1) is 7.58. The number of methoxy groups -OCH3 is 1. The normalized spacial score (nSPS) is 9.50. The van der Waals surface area contributed by atoms with E-state index in [1.807, 2.05) is 6.07 Å². The standard InChI is InChI=1S/C11H11NO4/c1-16-10-5-9(13)8(6-12)4-7(10)2-3-11(14)15/h4-5,13H,2-3H2,1H3,(H,14,15). The van der Waals surface area contributed by atoms with Crippen molar-refractivity contribution < 1.29 is 19.7 Å². The SMILES string of the molecule is COc1cc(O)c(C#N)cc1CCC(=O)O. The van der Waals surface area contributed by atoms with Crippen molar-refractivity contribution in [2.45, 2.75) is 12.8 Å². The summed E-state index contributed by atoms with van der Waals surface area (Å²) in [4.78, 5) is 10.4. The molecule has 0 radical (unpaired) electrons. The Bertz CT molecular complexity index is 448. The minimum Gasteiger partial charge on any atom is -0.506 e. The Morgan fingerprint density at radius 2 is 2.25 bits per heavy atom. The van der Waals surface area contributed by atoms with Crippen molar-refractivity contribution in [3.8, 4) is 17.6 Å². The third-order valence-corrected chi connectivity index (χ3v) is 2.13. The van der Waals surface area contributed by atoms with Crippen molar-refractivity contribution in [1.82, 2.24) is 0 Å². The van der Waals surface area contributed by atoms with Gasteiger partial charge >= 0.3 is 5.97 Å². The molecule has 5 heteroatoms. The maximum atomic E-state index is 10.4. The van der Waals surface area contributed by atoms with Crippen molar-refractivity contribution in [3.63, 3.8) is 0 Å². The number of benzene rings is 1. The zero-order valence-electron chi connectivity index (χ0n) is 8.73. The Kier molecular flexibility index (Phi) is 3.72. The fourth-order valence-corrected chi connectivity index (χ4v) is 1.33. The van der Waals surface area contributed by atoms with Gasteiger partial charge in [-0.2, -0.15) is 5.26 Å². The lowest BCUT2D eigenvalue weighted by atomic mass is 10.0. The number of ether oxygens (including phenoxy) is 1. The molecule has 16 heavy (non-hydrogen) atoms. The molecule has 0 aliphatic rings. The van der Waals surface area contributed by atoms with Crippen molar-refractivity contribution in [2.24, 2.45) is 0 Å². The molecule has 0 amide bonds. The van der Waals surface area contributed by atoms with Gasteiger partial charge in [-0.1, -0.05) is 0 Å². The van der Waals surface area contributed by atoms with Crippen LogP contribution in [0, 0.1) is 11.3 Å². The second-order valence-electron chi connectivity index (χ2n) is 3.19. The maximum absolute atomic E-state index is 10.4. The van der Waals surface area contributed by atoms with E-state index in [2.05, 4.69) is 0 Å². The molecule has 1 aromatic rings. The summed E-state index contributed by atoms with van der Waals surface area (Å²) in [5, 5.41) is 26.7. The van der Waals surface area contributed by atoms with Gasteiger partial charge in [0, 0.05) is 12.5 Å². The van der Waals surface area contributed by atoms with Crippen LogP contribution in [0.15, 0.2) is 12.1 Å². The lowest BCUT2D eigenvalue weighted by Crippen LogP contribution is -2.00. The van der Waals surface area contributed by atoms with Crippen LogP contribution in [0.25, 0.3) is 0 Å². The van der Waals surface area contributed by atoms with Crippen LogP contribution in [-0.2, 0) is 11.2 Å². The van der Waals surface area contributed by atoms with Crippen LogP contribution in [0.3, 0.4) is 0 Å². The minimum atomic E-state index is -0.923. The lowest BCUT2D eigenvalue weighted by Gasteiger charge is -2.08. The number of carbonyl (C=O) groups is 1. The van der Waals surface area contributed by atoms with Gasteiger partial charge in [0.25, 0.3) is 0 Å². The Morgan fingerprint density at radius 3 is 2.75 bits per heavy atom. The third kappa shape index (κ3) is 2.64. The number of aryl methyl sites for hydroxylation is 1. The summed E-state index contributed by atoms with van der Waals surface area (Å²) in [5.41, 5.74) is 0.709. The number of phenolic OH excluding ortho intramolecular Hbond substituents is 1. The first-order valence-corrected chi connectivity index (χ1v) is 4.60. The van der Waals surface area contributed by atoms with Crippen LogP contribution in [0.4, 0.5) is 0 Å². The molecule has 2 N–H and O–H groups in total. The molecule has 0 bridgehead atoms. The highest BCUT2D eigenvalue weighted by Crippen LogP contribution is 2.28. The van der Waals surface area contributed by atoms with Crippen LogP contribution in [0.1, 0.15) is 17.5 Å². The van der Waals surface area contributed by atoms with Crippen molar-refractivity contribution in [1.29, 1.82) is 5.26 Å². The van der Waals surface area contributed by atoms with E-state index in [1.165, 1.54) is 19.2 Å². The molecule has 0 aliphatic carbocycles. The van der Waals surface area contributed by atoms with E-state index >= 15 is 0 Å². The Morgan fingerprint density at radius 1 is 1.56 bits per heavy atom. The Hall–Kier alpha value is -2.22. The second kappa shape index (κ2) is 5.03. The minimum absolute atomic E-state index is 0.0496. The van der Waals surface area contributed by atoms with Gasteiger partial charge in [-0.25, -0.2) is 0 Å². The number of carboxylic acid groups (broad SMARTS) is 1. The molecule has 1 aromatic carbocycles. The van der Waals surface area contributed by atoms with E-state index in [-0.39, 0.29) is 24.2 Å². The second-order valence-corrected chi connectivity index (χ2v) is 3.19. The summed E-state index contributed by atoms with van der Waals surface area (Å²) in [6.07, 6.45) is 0.208. The third-order valence-electron chi connectivity index (χ3n) is 2.13. The molecule has 1 rings (SSSR count). The summed E-state index contributed by atoms with van der Waals surface area (Å²) in [7, 11) is 1.42. The molecule has 5 nitrogen and oxygen atoms in total. The van der Waals surface area contributed by atoms with Gasteiger partial charge in [0.15, 0.2) is 0 Å².